The van der Waals surface area contributed by atoms with Gasteiger partial charge in [0.1, 0.15) is 23.8 Å². The Hall–Kier alpha value is -7.08. The van der Waals surface area contributed by atoms with Gasteiger partial charge in [-0.25, -0.2) is 39.9 Å². The Morgan fingerprint density at radius 2 is 0.739 bits per heavy atom. The van der Waals surface area contributed by atoms with Crippen LogP contribution in [0.4, 0.5) is 0 Å². The Morgan fingerprint density at radius 3 is 1.10 bits per heavy atom. The van der Waals surface area contributed by atoms with Crippen molar-refractivity contribution in [2.45, 2.75) is 265 Å². The van der Waals surface area contributed by atoms with Crippen LogP contribution in [0.25, 0.3) is 0 Å². The third kappa shape index (κ3) is 32.8. The van der Waals surface area contributed by atoms with Crippen LogP contribution >= 0.6 is 0 Å². The Balaban J connectivity index is 0.000000503. The highest BCUT2D eigenvalue weighted by Crippen LogP contribution is 2.25. The first-order chi connectivity index (χ1) is 40.0. The monoisotopic (exact) mass is 1200 g/mol. The molecule has 0 aliphatic rings. The fourth-order valence-corrected chi connectivity index (χ4v) is 6.97. The van der Waals surface area contributed by atoms with Gasteiger partial charge in [-0.15, -0.1) is 0 Å². The van der Waals surface area contributed by atoms with Crippen molar-refractivity contribution < 1.29 is 0 Å². The number of pyridine rings is 4. The van der Waals surface area contributed by atoms with Crippen LogP contribution in [-0.4, -0.2) is 59.8 Å². The fourth-order valence-electron chi connectivity index (χ4n) is 6.97. The zero-order valence-electron chi connectivity index (χ0n) is 60.9. The molecule has 0 aliphatic heterocycles. The topological polar surface area (TPSA) is 155 Å². The fraction of sp³-hybridized carbons (Fsp3) is 0.526. The van der Waals surface area contributed by atoms with Crippen LogP contribution in [0, 0.1) is 55.4 Å². The molecule has 12 nitrogen and oxygen atoms in total. The van der Waals surface area contributed by atoms with Crippen LogP contribution in [0.5, 0.6) is 0 Å². The molecule has 0 radical (unpaired) electrons. The number of nitrogens with zero attached hydrogens (tertiary/aromatic N) is 12. The molecule has 0 N–H and O–H groups in total. The lowest BCUT2D eigenvalue weighted by Crippen LogP contribution is -2.15. The van der Waals surface area contributed by atoms with E-state index in [4.69, 9.17) is 0 Å². The molecule has 0 atom stereocenters. The highest BCUT2D eigenvalue weighted by atomic mass is 14.9. The van der Waals surface area contributed by atoms with E-state index in [-0.39, 0.29) is 43.3 Å². The van der Waals surface area contributed by atoms with Crippen LogP contribution in [0.1, 0.15) is 257 Å². The zero-order valence-corrected chi connectivity index (χ0v) is 60.9. The smallest absolute Gasteiger partial charge is 0.133 e. The van der Waals surface area contributed by atoms with Gasteiger partial charge in [-0.2, -0.15) is 0 Å². The van der Waals surface area contributed by atoms with Gasteiger partial charge in [0.25, 0.3) is 0 Å². The van der Waals surface area contributed by atoms with Gasteiger partial charge in [-0.1, -0.05) is 184 Å². The SMILES string of the molecule is Cc1cc(C(C)(C)C)ncn1.Cc1ccc(C(C)(C)C)cn1.Cc1ccc(C(C)(C)C)nc1.Cc1ccnc(C(C)(C)C)c1.Cc1ccnc(C(C)(C)C)n1.Cc1cnc(C(C)(C)C)nc1.Cc1cncc(C(C)(C)C)c1.Cc1ncc(C(C)(C)C)cn1. The summed E-state index contributed by atoms with van der Waals surface area (Å²) in [5.41, 5.74) is 16.4. The van der Waals surface area contributed by atoms with Crippen molar-refractivity contribution in [2.24, 2.45) is 0 Å². The summed E-state index contributed by atoms with van der Waals surface area (Å²) in [6.45, 7) is 67.9. The molecule has 8 aromatic rings. The predicted molar refractivity (Wildman–Crippen MR) is 373 cm³/mol. The van der Waals surface area contributed by atoms with E-state index in [1.165, 1.54) is 33.4 Å². The Labute approximate surface area is 535 Å². The van der Waals surface area contributed by atoms with Crippen LogP contribution < -0.4 is 0 Å². The van der Waals surface area contributed by atoms with Crippen LogP contribution in [-0.2, 0) is 43.3 Å². The van der Waals surface area contributed by atoms with Crippen molar-refractivity contribution in [2.75, 3.05) is 0 Å². The average Bonchev–Trinajstić information content (AvgIpc) is 3.44. The van der Waals surface area contributed by atoms with E-state index in [1.807, 2.05) is 115 Å². The first-order valence-corrected chi connectivity index (χ1v) is 30.9. The Bertz CT molecular complexity index is 2790. The standard InChI is InChI=1S/4C10H15N.4C9H14N2/c1-8-5-9(7-11-6-8)10(2,3)4;1-8-5-6-9(7-11-8)10(2,3)4;1-8-5-6-11-9(7-8)10(2,3)4;1-8-5-6-9(11-7-8)10(2,3)4;1-7-10-5-8(6-11-7)9(2,3)4;1-7-5-8(9(2,3)4)11-6-10-7;1-7-5-10-8(11-6-7)9(2,3)4;1-7-5-6-10-8(11-7)9(2,3)4/h4*5-7H,1-4H3;4*5-6H,1-4H3. The molecule has 480 valence electrons. The molecule has 0 fully saturated rings. The summed E-state index contributed by atoms with van der Waals surface area (Å²) in [6.07, 6.45) is 20.5. The first-order valence-electron chi connectivity index (χ1n) is 30.9. The normalized spacial score (nSPS) is 11.6. The third-order valence-electron chi connectivity index (χ3n) is 13.0. The molecule has 12 heteroatoms. The van der Waals surface area contributed by atoms with Gasteiger partial charge >= 0.3 is 0 Å². The highest BCUT2D eigenvalue weighted by Gasteiger charge is 2.20. The molecule has 0 amide bonds. The summed E-state index contributed by atoms with van der Waals surface area (Å²) < 4.78 is 0. The van der Waals surface area contributed by atoms with Crippen LogP contribution in [0.3, 0.4) is 0 Å². The van der Waals surface area contributed by atoms with E-state index in [0.29, 0.717) is 0 Å². The maximum absolute atomic E-state index is 4.35. The van der Waals surface area contributed by atoms with Crippen molar-refractivity contribution in [3.05, 3.63) is 213 Å². The van der Waals surface area contributed by atoms with Gasteiger partial charge in [0.15, 0.2) is 0 Å². The van der Waals surface area contributed by atoms with Crippen LogP contribution in [0.15, 0.2) is 123 Å². The van der Waals surface area contributed by atoms with E-state index in [9.17, 15) is 0 Å². The minimum atomic E-state index is 0.0615. The van der Waals surface area contributed by atoms with Gasteiger partial charge in [-0.3, -0.25) is 19.9 Å². The van der Waals surface area contributed by atoms with E-state index in [2.05, 4.69) is 283 Å². The molecule has 0 saturated carbocycles. The molecule has 8 rings (SSSR count). The van der Waals surface area contributed by atoms with Crippen molar-refractivity contribution >= 4 is 0 Å². The van der Waals surface area contributed by atoms with Crippen molar-refractivity contribution in [3.63, 3.8) is 0 Å². The van der Waals surface area contributed by atoms with E-state index in [0.717, 1.165) is 57.2 Å². The minimum absolute atomic E-state index is 0.0615. The molecule has 0 bridgehead atoms. The molecule has 88 heavy (non-hydrogen) atoms. The minimum Gasteiger partial charge on any atom is -0.264 e. The van der Waals surface area contributed by atoms with Crippen molar-refractivity contribution in [3.8, 4) is 0 Å². The van der Waals surface area contributed by atoms with Gasteiger partial charge in [0.2, 0.25) is 0 Å². The van der Waals surface area contributed by atoms with E-state index in [1.54, 1.807) is 6.33 Å². The maximum atomic E-state index is 4.35. The molecule has 0 unspecified atom stereocenters. The van der Waals surface area contributed by atoms with Gasteiger partial charge in [0.05, 0.1) is 0 Å². The summed E-state index contributed by atoms with van der Waals surface area (Å²) in [4.78, 5) is 50.6. The summed E-state index contributed by atoms with van der Waals surface area (Å²) in [5, 5.41) is 0. The molecular weight excluding hydrogens is 1080 g/mol. The Kier molecular flexibility index (Phi) is 30.5. The summed E-state index contributed by atoms with van der Waals surface area (Å²) in [6, 6.07) is 18.7. The number of aromatic nitrogens is 12. The van der Waals surface area contributed by atoms with Crippen LogP contribution in [0.2, 0.25) is 0 Å². The predicted octanol–water partition coefficient (Wildman–Crippen LogP) is 19.1. The summed E-state index contributed by atoms with van der Waals surface area (Å²) in [7, 11) is 0. The van der Waals surface area contributed by atoms with Gasteiger partial charge in [-0.05, 0) is 147 Å². The lowest BCUT2D eigenvalue weighted by Gasteiger charge is -2.18. The number of hydrogen-bond donors (Lipinski definition) is 0. The highest BCUT2D eigenvalue weighted by molar-refractivity contribution is 5.24. The van der Waals surface area contributed by atoms with E-state index >= 15 is 0 Å². The quantitative estimate of drug-likeness (QED) is 0.142. The second kappa shape index (κ2) is 34.0. The second-order valence-corrected chi connectivity index (χ2v) is 31.0. The van der Waals surface area contributed by atoms with Crippen molar-refractivity contribution in [1.82, 2.24) is 59.8 Å². The first kappa shape index (κ1) is 78.9. The van der Waals surface area contributed by atoms with E-state index < -0.39 is 0 Å². The third-order valence-corrected chi connectivity index (χ3v) is 13.0. The number of hydrogen-bond acceptors (Lipinski definition) is 12. The maximum Gasteiger partial charge on any atom is 0.133 e. The van der Waals surface area contributed by atoms with Gasteiger partial charge in [0, 0.05) is 123 Å². The Morgan fingerprint density at radius 1 is 0.250 bits per heavy atom. The molecule has 0 aliphatic carbocycles. The van der Waals surface area contributed by atoms with Crippen molar-refractivity contribution in [1.29, 1.82) is 0 Å². The summed E-state index contributed by atoms with van der Waals surface area (Å²) >= 11 is 0. The molecule has 0 spiro atoms. The largest absolute Gasteiger partial charge is 0.264 e. The summed E-state index contributed by atoms with van der Waals surface area (Å²) in [5.74, 6) is 2.65. The molecule has 0 saturated heterocycles. The number of aryl methyl sites for hydroxylation is 8. The molecule has 8 heterocycles. The average molecular weight is 1200 g/mol. The lowest BCUT2D eigenvalue weighted by molar-refractivity contribution is 0.543. The number of rotatable bonds is 0. The second-order valence-electron chi connectivity index (χ2n) is 31.0. The molecule has 0 aromatic carbocycles. The van der Waals surface area contributed by atoms with Gasteiger partial charge < -0.3 is 0 Å². The zero-order chi connectivity index (χ0) is 67.9. The molecular formula is C76H116N12. The molecule has 8 aromatic heterocycles. The lowest BCUT2D eigenvalue weighted by atomic mass is 9.88.